The lowest BCUT2D eigenvalue weighted by atomic mass is 10.1. The van der Waals surface area contributed by atoms with Crippen LogP contribution in [-0.2, 0) is 17.9 Å². The van der Waals surface area contributed by atoms with Crippen molar-refractivity contribution in [1.82, 2.24) is 24.3 Å². The lowest BCUT2D eigenvalue weighted by Crippen LogP contribution is -2.04. The summed E-state index contributed by atoms with van der Waals surface area (Å²) in [6, 6.07) is 6.14. The molecule has 0 radical (unpaired) electrons. The largest absolute Gasteiger partial charge is 0.377 e. The fraction of sp³-hybridized carbons (Fsp3) is 0.214. The van der Waals surface area contributed by atoms with Gasteiger partial charge in [-0.25, -0.2) is 14.6 Å². The van der Waals surface area contributed by atoms with Crippen molar-refractivity contribution >= 4 is 15.9 Å². The first-order valence-corrected chi connectivity index (χ1v) is 7.30. The van der Waals surface area contributed by atoms with Gasteiger partial charge in [0.25, 0.3) is 0 Å². The first-order chi connectivity index (χ1) is 10.3. The first-order valence-electron chi connectivity index (χ1n) is 6.50. The Morgan fingerprint density at radius 3 is 3.14 bits per heavy atom. The van der Waals surface area contributed by atoms with E-state index in [-0.39, 0.29) is 0 Å². The number of hydrogen-bond acceptors (Lipinski definition) is 4. The molecule has 2 aromatic heterocycles. The Labute approximate surface area is 129 Å². The third-order valence-corrected chi connectivity index (χ3v) is 3.97. The average Bonchev–Trinajstić information content (AvgIpc) is 3.05. The van der Waals surface area contributed by atoms with E-state index in [0.717, 1.165) is 27.2 Å². The topological polar surface area (TPSA) is 57.8 Å². The fourth-order valence-corrected chi connectivity index (χ4v) is 2.96. The van der Waals surface area contributed by atoms with Crippen LogP contribution in [0.4, 0.5) is 0 Å². The predicted octanol–water partition coefficient (Wildman–Crippen LogP) is 2.40. The molecule has 106 valence electrons. The summed E-state index contributed by atoms with van der Waals surface area (Å²) in [5, 5.41) is 4.53. The fourth-order valence-electron chi connectivity index (χ4n) is 2.60. The van der Waals surface area contributed by atoms with Crippen LogP contribution >= 0.6 is 15.9 Å². The Morgan fingerprint density at radius 1 is 1.38 bits per heavy atom. The Hall–Kier alpha value is -1.99. The molecule has 3 aromatic rings. The van der Waals surface area contributed by atoms with Gasteiger partial charge in [0.15, 0.2) is 11.6 Å². The third kappa shape index (κ3) is 2.00. The van der Waals surface area contributed by atoms with Crippen molar-refractivity contribution in [3.8, 4) is 17.1 Å². The Bertz CT molecular complexity index is 823. The van der Waals surface area contributed by atoms with Crippen molar-refractivity contribution in [1.29, 1.82) is 0 Å². The molecule has 7 heteroatoms. The second kappa shape index (κ2) is 4.78. The highest BCUT2D eigenvalue weighted by molar-refractivity contribution is 9.10. The summed E-state index contributed by atoms with van der Waals surface area (Å²) in [4.78, 5) is 8.87. The van der Waals surface area contributed by atoms with E-state index in [0.29, 0.717) is 19.0 Å². The number of halogens is 1. The van der Waals surface area contributed by atoms with Gasteiger partial charge in [0, 0.05) is 17.1 Å². The summed E-state index contributed by atoms with van der Waals surface area (Å²) in [5.74, 6) is 1.54. The van der Waals surface area contributed by atoms with Crippen molar-refractivity contribution in [3.05, 3.63) is 46.7 Å². The van der Waals surface area contributed by atoms with Crippen molar-refractivity contribution in [2.45, 2.75) is 13.2 Å². The smallest absolute Gasteiger partial charge is 0.176 e. The minimum absolute atomic E-state index is 0.405. The van der Waals surface area contributed by atoms with Crippen molar-refractivity contribution in [2.75, 3.05) is 7.11 Å². The van der Waals surface area contributed by atoms with Crippen molar-refractivity contribution in [2.24, 2.45) is 0 Å². The number of methoxy groups -OCH3 is 1. The van der Waals surface area contributed by atoms with Gasteiger partial charge in [0.1, 0.15) is 6.61 Å². The van der Waals surface area contributed by atoms with E-state index in [1.165, 1.54) is 0 Å². The standard InChI is InChI=1S/C14H12BrN5O/c1-21-7-13-17-14-11-4-9(15)2-3-12(11)19-8-16-5-10(19)6-20(14)18-13/h2-5,8H,6-7H2,1H3. The van der Waals surface area contributed by atoms with E-state index in [1.807, 2.05) is 23.3 Å². The number of nitrogens with zero attached hydrogens (tertiary/aromatic N) is 5. The van der Waals surface area contributed by atoms with Crippen LogP contribution < -0.4 is 0 Å². The van der Waals surface area contributed by atoms with Crippen LogP contribution in [-0.4, -0.2) is 31.4 Å². The molecule has 6 nitrogen and oxygen atoms in total. The van der Waals surface area contributed by atoms with Crippen LogP contribution in [0.3, 0.4) is 0 Å². The maximum absolute atomic E-state index is 5.14. The van der Waals surface area contributed by atoms with E-state index in [4.69, 9.17) is 4.74 Å². The zero-order valence-electron chi connectivity index (χ0n) is 11.3. The molecule has 1 aromatic carbocycles. The molecular weight excluding hydrogens is 334 g/mol. The molecule has 0 saturated carbocycles. The van der Waals surface area contributed by atoms with Gasteiger partial charge in [-0.1, -0.05) is 15.9 Å². The zero-order chi connectivity index (χ0) is 14.4. The number of rotatable bonds is 2. The number of ether oxygens (including phenoxy) is 1. The molecule has 0 amide bonds. The van der Waals surface area contributed by atoms with Gasteiger partial charge in [-0.05, 0) is 18.2 Å². The molecule has 0 atom stereocenters. The van der Waals surface area contributed by atoms with Gasteiger partial charge in [-0.3, -0.25) is 0 Å². The molecule has 0 aliphatic carbocycles. The maximum atomic E-state index is 5.14. The lowest BCUT2D eigenvalue weighted by molar-refractivity contribution is 0.177. The van der Waals surface area contributed by atoms with Gasteiger partial charge in [-0.2, -0.15) is 5.10 Å². The quantitative estimate of drug-likeness (QED) is 0.559. The number of aromatic nitrogens is 5. The Morgan fingerprint density at radius 2 is 2.29 bits per heavy atom. The van der Waals surface area contributed by atoms with Crippen LogP contribution in [0, 0.1) is 0 Å². The molecule has 0 unspecified atom stereocenters. The minimum Gasteiger partial charge on any atom is -0.377 e. The highest BCUT2D eigenvalue weighted by Gasteiger charge is 2.22. The van der Waals surface area contributed by atoms with Gasteiger partial charge < -0.3 is 9.30 Å². The summed E-state index contributed by atoms with van der Waals surface area (Å²) in [7, 11) is 1.64. The van der Waals surface area contributed by atoms with Gasteiger partial charge in [-0.15, -0.1) is 0 Å². The molecule has 0 saturated heterocycles. The molecule has 1 aliphatic rings. The lowest BCUT2D eigenvalue weighted by Gasteiger charge is -2.08. The second-order valence-corrected chi connectivity index (χ2v) is 5.77. The highest BCUT2D eigenvalue weighted by atomic mass is 79.9. The van der Waals surface area contributed by atoms with Gasteiger partial charge in [0.05, 0.1) is 30.5 Å². The summed E-state index contributed by atoms with van der Waals surface area (Å²) >= 11 is 3.53. The predicted molar refractivity (Wildman–Crippen MR) is 80.1 cm³/mol. The first kappa shape index (κ1) is 12.7. The van der Waals surface area contributed by atoms with Crippen LogP contribution in [0.25, 0.3) is 17.1 Å². The summed E-state index contributed by atoms with van der Waals surface area (Å²) in [5.41, 5.74) is 3.16. The van der Waals surface area contributed by atoms with Gasteiger partial charge in [0.2, 0.25) is 0 Å². The van der Waals surface area contributed by atoms with Crippen LogP contribution in [0.2, 0.25) is 0 Å². The number of benzene rings is 1. The summed E-state index contributed by atoms with van der Waals surface area (Å²) in [6.07, 6.45) is 3.68. The number of fused-ring (bicyclic) bond motifs is 5. The van der Waals surface area contributed by atoms with Crippen molar-refractivity contribution < 1.29 is 4.74 Å². The molecular formula is C14H12BrN5O. The third-order valence-electron chi connectivity index (χ3n) is 3.47. The molecule has 0 bridgehead atoms. The maximum Gasteiger partial charge on any atom is 0.176 e. The van der Waals surface area contributed by atoms with Crippen LogP contribution in [0.5, 0.6) is 0 Å². The van der Waals surface area contributed by atoms with E-state index in [1.54, 1.807) is 7.11 Å². The van der Waals surface area contributed by atoms with E-state index >= 15 is 0 Å². The SMILES string of the molecule is COCc1nc2n(n1)Cc1cncn1-c1ccc(Br)cc1-2. The molecule has 4 rings (SSSR count). The van der Waals surface area contributed by atoms with Crippen molar-refractivity contribution in [3.63, 3.8) is 0 Å². The normalized spacial score (nSPS) is 12.5. The average molecular weight is 346 g/mol. The van der Waals surface area contributed by atoms with E-state index in [2.05, 4.69) is 47.7 Å². The molecule has 0 fully saturated rings. The van der Waals surface area contributed by atoms with Gasteiger partial charge >= 0.3 is 0 Å². The molecule has 0 spiro atoms. The van der Waals surface area contributed by atoms with E-state index < -0.39 is 0 Å². The minimum atomic E-state index is 0.405. The second-order valence-electron chi connectivity index (χ2n) is 4.86. The Balaban J connectivity index is 1.99. The summed E-state index contributed by atoms with van der Waals surface area (Å²) in [6.45, 7) is 1.04. The molecule has 3 heterocycles. The number of imidazole rings is 1. The van der Waals surface area contributed by atoms with Crippen LogP contribution in [0.15, 0.2) is 35.2 Å². The Kier molecular flexibility index (Phi) is 2.90. The molecule has 0 N–H and O–H groups in total. The highest BCUT2D eigenvalue weighted by Crippen LogP contribution is 2.32. The summed E-state index contributed by atoms with van der Waals surface area (Å²) < 4.78 is 10.1. The molecule has 21 heavy (non-hydrogen) atoms. The van der Waals surface area contributed by atoms with E-state index in [9.17, 15) is 0 Å². The zero-order valence-corrected chi connectivity index (χ0v) is 12.9. The molecule has 1 aliphatic heterocycles. The number of hydrogen-bond donors (Lipinski definition) is 0. The monoisotopic (exact) mass is 345 g/mol. The van der Waals surface area contributed by atoms with Crippen LogP contribution in [0.1, 0.15) is 11.5 Å².